The van der Waals surface area contributed by atoms with Crippen molar-refractivity contribution < 1.29 is 13.6 Å². The Morgan fingerprint density at radius 2 is 2.11 bits per heavy atom. The van der Waals surface area contributed by atoms with E-state index in [1.807, 2.05) is 18.5 Å². The molecule has 2 aliphatic rings. The highest BCUT2D eigenvalue weighted by molar-refractivity contribution is 5.76. The van der Waals surface area contributed by atoms with Gasteiger partial charge in [-0.25, -0.2) is 23.5 Å². The van der Waals surface area contributed by atoms with Crippen molar-refractivity contribution in [1.29, 1.82) is 0 Å². The topological polar surface area (TPSA) is 69.5 Å². The number of hydrogen-bond donors (Lipinski definition) is 1. The third kappa shape index (κ3) is 2.72. The molecule has 1 atom stereocenters. The number of imidazole rings is 1. The molecule has 7 nitrogen and oxygen atoms in total. The number of hydrogen-bond acceptors (Lipinski definition) is 3. The SMILES string of the molecule is O=C(N1CCCC(c2cnc3cnc4[nH]ccc4n23)C1)N1CCC(F)(F)C1. The van der Waals surface area contributed by atoms with Crippen LogP contribution in [0.15, 0.2) is 24.7 Å². The summed E-state index contributed by atoms with van der Waals surface area (Å²) in [7, 11) is 0. The predicted octanol–water partition coefficient (Wildman–Crippen LogP) is 2.85. The van der Waals surface area contributed by atoms with Crippen molar-refractivity contribution >= 4 is 22.8 Å². The van der Waals surface area contributed by atoms with Gasteiger partial charge in [-0.1, -0.05) is 0 Å². The second-order valence-corrected chi connectivity index (χ2v) is 7.44. The molecule has 9 heteroatoms. The van der Waals surface area contributed by atoms with Crippen LogP contribution in [-0.2, 0) is 0 Å². The van der Waals surface area contributed by atoms with Gasteiger partial charge in [0.15, 0.2) is 11.3 Å². The standard InChI is InChI=1S/C18H20F2N6O/c19-18(20)4-7-25(11-18)17(27)24-6-1-2-12(10-24)14-8-22-15-9-23-16-13(26(14)15)3-5-21-16/h3,5,8-9,12,21H,1-2,4,6-7,10-11H2. The van der Waals surface area contributed by atoms with Crippen molar-refractivity contribution in [2.45, 2.75) is 31.1 Å². The predicted molar refractivity (Wildman–Crippen MR) is 94.9 cm³/mol. The number of aromatic amines is 1. The highest BCUT2D eigenvalue weighted by Gasteiger charge is 2.42. The van der Waals surface area contributed by atoms with Crippen LogP contribution in [0.4, 0.5) is 13.6 Å². The molecule has 142 valence electrons. The molecule has 0 spiro atoms. The van der Waals surface area contributed by atoms with Gasteiger partial charge < -0.3 is 14.8 Å². The number of fused-ring (bicyclic) bond motifs is 3. The maximum atomic E-state index is 13.5. The number of H-pyrrole nitrogens is 1. The fourth-order valence-electron chi connectivity index (χ4n) is 4.27. The van der Waals surface area contributed by atoms with Crippen LogP contribution in [0.25, 0.3) is 16.8 Å². The fraction of sp³-hybridized carbons (Fsp3) is 0.500. The van der Waals surface area contributed by atoms with E-state index in [1.54, 1.807) is 11.1 Å². The number of halogens is 2. The van der Waals surface area contributed by atoms with E-state index in [0.717, 1.165) is 35.3 Å². The van der Waals surface area contributed by atoms with Crippen molar-refractivity contribution in [1.82, 2.24) is 29.2 Å². The molecule has 0 radical (unpaired) electrons. The zero-order chi connectivity index (χ0) is 18.6. The minimum Gasteiger partial charge on any atom is -0.345 e. The highest BCUT2D eigenvalue weighted by Crippen LogP contribution is 2.32. The molecule has 0 saturated carbocycles. The summed E-state index contributed by atoms with van der Waals surface area (Å²) in [4.78, 5) is 27.6. The maximum absolute atomic E-state index is 13.5. The first-order valence-corrected chi connectivity index (χ1v) is 9.23. The van der Waals surface area contributed by atoms with E-state index in [0.29, 0.717) is 13.1 Å². The van der Waals surface area contributed by atoms with E-state index < -0.39 is 12.5 Å². The van der Waals surface area contributed by atoms with Crippen LogP contribution in [0, 0.1) is 0 Å². The molecule has 2 aliphatic heterocycles. The van der Waals surface area contributed by atoms with Crippen LogP contribution in [-0.4, -0.2) is 67.3 Å². The largest absolute Gasteiger partial charge is 0.345 e. The second kappa shape index (κ2) is 5.90. The average molecular weight is 374 g/mol. The zero-order valence-corrected chi connectivity index (χ0v) is 14.7. The Morgan fingerprint density at radius 3 is 2.93 bits per heavy atom. The van der Waals surface area contributed by atoms with Crippen LogP contribution >= 0.6 is 0 Å². The Balaban J connectivity index is 1.42. The van der Waals surface area contributed by atoms with Crippen molar-refractivity contribution in [2.75, 3.05) is 26.2 Å². The molecule has 2 fully saturated rings. The number of rotatable bonds is 1. The Bertz CT molecular complexity index is 1010. The summed E-state index contributed by atoms with van der Waals surface area (Å²) in [5.41, 5.74) is 3.52. The number of aromatic nitrogens is 4. The van der Waals surface area contributed by atoms with Gasteiger partial charge in [0.2, 0.25) is 0 Å². The van der Waals surface area contributed by atoms with Crippen molar-refractivity contribution in [3.8, 4) is 0 Å². The highest BCUT2D eigenvalue weighted by atomic mass is 19.3. The number of nitrogens with zero attached hydrogens (tertiary/aromatic N) is 5. The first-order valence-electron chi connectivity index (χ1n) is 9.23. The van der Waals surface area contributed by atoms with E-state index in [4.69, 9.17) is 0 Å². The molecule has 3 aromatic heterocycles. The summed E-state index contributed by atoms with van der Waals surface area (Å²) in [6.07, 6.45) is 6.93. The van der Waals surface area contributed by atoms with E-state index in [9.17, 15) is 13.6 Å². The van der Waals surface area contributed by atoms with Gasteiger partial charge in [0.25, 0.3) is 5.92 Å². The van der Waals surface area contributed by atoms with Crippen LogP contribution in [0.5, 0.6) is 0 Å². The summed E-state index contributed by atoms with van der Waals surface area (Å²) in [5, 5.41) is 0. The van der Waals surface area contributed by atoms with Gasteiger partial charge in [-0.05, 0) is 18.9 Å². The Hall–Kier alpha value is -2.71. The Labute approximate surface area is 154 Å². The van der Waals surface area contributed by atoms with Crippen molar-refractivity contribution in [2.24, 2.45) is 0 Å². The third-order valence-electron chi connectivity index (χ3n) is 5.62. The summed E-state index contributed by atoms with van der Waals surface area (Å²) in [6.45, 7) is 0.773. The smallest absolute Gasteiger partial charge is 0.320 e. The van der Waals surface area contributed by atoms with Crippen molar-refractivity contribution in [3.63, 3.8) is 0 Å². The van der Waals surface area contributed by atoms with Gasteiger partial charge >= 0.3 is 6.03 Å². The molecule has 0 aliphatic carbocycles. The van der Waals surface area contributed by atoms with Gasteiger partial charge in [0.1, 0.15) is 0 Å². The molecule has 27 heavy (non-hydrogen) atoms. The molecule has 0 aromatic carbocycles. The minimum atomic E-state index is -2.76. The van der Waals surface area contributed by atoms with Crippen LogP contribution in [0.1, 0.15) is 30.9 Å². The molecule has 1 unspecified atom stereocenters. The van der Waals surface area contributed by atoms with Crippen LogP contribution < -0.4 is 0 Å². The van der Waals surface area contributed by atoms with Crippen molar-refractivity contribution in [3.05, 3.63) is 30.4 Å². The van der Waals surface area contributed by atoms with Gasteiger partial charge in [-0.15, -0.1) is 0 Å². The number of nitrogens with one attached hydrogen (secondary N) is 1. The van der Waals surface area contributed by atoms with E-state index in [2.05, 4.69) is 19.4 Å². The molecule has 2 amide bonds. The number of carbonyl (C=O) groups is 1. The quantitative estimate of drug-likeness (QED) is 0.712. The number of piperidine rings is 1. The third-order valence-corrected chi connectivity index (χ3v) is 5.62. The van der Waals surface area contributed by atoms with Gasteiger partial charge in [-0.3, -0.25) is 4.40 Å². The van der Waals surface area contributed by atoms with Crippen LogP contribution in [0.2, 0.25) is 0 Å². The monoisotopic (exact) mass is 374 g/mol. The van der Waals surface area contributed by atoms with Gasteiger partial charge in [-0.2, -0.15) is 0 Å². The van der Waals surface area contributed by atoms with Gasteiger partial charge in [0.05, 0.1) is 18.3 Å². The van der Waals surface area contributed by atoms with Gasteiger partial charge in [0, 0.05) is 50.1 Å². The molecule has 5 heterocycles. The Kier molecular flexibility index (Phi) is 3.60. The zero-order valence-electron chi connectivity index (χ0n) is 14.7. The normalized spacial score (nSPS) is 22.8. The Morgan fingerprint density at radius 1 is 1.22 bits per heavy atom. The average Bonchev–Trinajstić information content (AvgIpc) is 3.37. The molecule has 2 saturated heterocycles. The number of likely N-dealkylation sites (tertiary alicyclic amines) is 2. The van der Waals surface area contributed by atoms with E-state index in [1.165, 1.54) is 4.90 Å². The summed E-state index contributed by atoms with van der Waals surface area (Å²) < 4.78 is 29.0. The fourth-order valence-corrected chi connectivity index (χ4v) is 4.27. The number of alkyl halides is 2. The molecular formula is C18H20F2N6O. The molecule has 1 N–H and O–H groups in total. The number of urea groups is 1. The molecular weight excluding hydrogens is 354 g/mol. The lowest BCUT2D eigenvalue weighted by molar-refractivity contribution is 0.0134. The van der Waals surface area contributed by atoms with E-state index >= 15 is 0 Å². The minimum absolute atomic E-state index is 0.112. The van der Waals surface area contributed by atoms with E-state index in [-0.39, 0.29) is 24.9 Å². The summed E-state index contributed by atoms with van der Waals surface area (Å²) >= 11 is 0. The lowest BCUT2D eigenvalue weighted by Gasteiger charge is -2.35. The number of carbonyl (C=O) groups excluding carboxylic acids is 1. The summed E-state index contributed by atoms with van der Waals surface area (Å²) in [5.74, 6) is -2.65. The maximum Gasteiger partial charge on any atom is 0.320 e. The molecule has 3 aromatic rings. The number of amides is 2. The lowest BCUT2D eigenvalue weighted by Crippen LogP contribution is -2.47. The second-order valence-electron chi connectivity index (χ2n) is 7.44. The lowest BCUT2D eigenvalue weighted by atomic mass is 9.95. The van der Waals surface area contributed by atoms with Crippen LogP contribution in [0.3, 0.4) is 0 Å². The molecule has 5 rings (SSSR count). The first-order chi connectivity index (χ1) is 13.0. The first kappa shape index (κ1) is 16.5. The molecule has 0 bridgehead atoms. The summed E-state index contributed by atoms with van der Waals surface area (Å²) in [6, 6.07) is 1.68.